The molecule has 102 valence electrons. The lowest BCUT2D eigenvalue weighted by Gasteiger charge is -2.27. The number of Topliss-reactive ketones (excluding diaryl/α,β-unsaturated/α-hetero) is 1. The van der Waals surface area contributed by atoms with Crippen molar-refractivity contribution in [2.24, 2.45) is 14.1 Å². The highest BCUT2D eigenvalue weighted by molar-refractivity contribution is 5.96. The molecule has 1 atom stereocenters. The molecule has 1 aliphatic carbocycles. The molecular weight excluding hydrogens is 244 g/mol. The van der Waals surface area contributed by atoms with E-state index in [1.165, 1.54) is 18.5 Å². The first kappa shape index (κ1) is 13.5. The molecule has 0 aliphatic heterocycles. The van der Waals surface area contributed by atoms with Gasteiger partial charge in [0.25, 0.3) is 5.56 Å². The van der Waals surface area contributed by atoms with Crippen molar-refractivity contribution in [1.29, 1.82) is 0 Å². The molecule has 1 aromatic rings. The Morgan fingerprint density at radius 2 is 1.79 bits per heavy atom. The van der Waals surface area contributed by atoms with Crippen LogP contribution in [0.2, 0.25) is 0 Å². The zero-order valence-corrected chi connectivity index (χ0v) is 11.9. The van der Waals surface area contributed by atoms with Crippen molar-refractivity contribution in [3.05, 3.63) is 43.2 Å². The first-order chi connectivity index (χ1) is 8.77. The Balaban J connectivity index is 2.85. The summed E-state index contributed by atoms with van der Waals surface area (Å²) in [5.41, 5.74) is 2.31. The zero-order valence-electron chi connectivity index (χ0n) is 11.9. The lowest BCUT2D eigenvalue weighted by atomic mass is 9.80. The number of carbonyl (C=O) groups is 1. The summed E-state index contributed by atoms with van der Waals surface area (Å²) < 4.78 is 2.61. The second kappa shape index (κ2) is 4.33. The summed E-state index contributed by atoms with van der Waals surface area (Å²) in [6.45, 7) is 5.26. The molecule has 0 bridgehead atoms. The second-order valence-corrected chi connectivity index (χ2v) is 5.21. The predicted molar refractivity (Wildman–Crippen MR) is 72.4 cm³/mol. The van der Waals surface area contributed by atoms with Gasteiger partial charge in [-0.2, -0.15) is 0 Å². The summed E-state index contributed by atoms with van der Waals surface area (Å²) in [6, 6.07) is 0. The first-order valence-electron chi connectivity index (χ1n) is 6.26. The maximum absolute atomic E-state index is 12.3. The second-order valence-electron chi connectivity index (χ2n) is 5.21. The Labute approximate surface area is 111 Å². The fraction of sp³-hybridized carbons (Fsp3) is 0.500. The van der Waals surface area contributed by atoms with Gasteiger partial charge < -0.3 is 0 Å². The number of ketones is 1. The number of nitrogens with zero attached hydrogens (tertiary/aromatic N) is 2. The highest BCUT2D eigenvalue weighted by Crippen LogP contribution is 2.33. The van der Waals surface area contributed by atoms with E-state index in [0.717, 1.165) is 15.8 Å². The van der Waals surface area contributed by atoms with Gasteiger partial charge in [-0.05, 0) is 13.8 Å². The van der Waals surface area contributed by atoms with Gasteiger partial charge in [0.1, 0.15) is 0 Å². The summed E-state index contributed by atoms with van der Waals surface area (Å²) in [6.07, 6.45) is 0.483. The number of fused-ring (bicyclic) bond motifs is 1. The molecule has 0 aromatic carbocycles. The topological polar surface area (TPSA) is 61.1 Å². The minimum Gasteiger partial charge on any atom is -0.300 e. The standard InChI is InChI=1S/C14H18N2O3/c1-7-6-10-12(8(2)11(7)9(3)17)13(18)16(5)14(19)15(10)4/h8H,6H2,1-5H3. The molecule has 0 saturated carbocycles. The van der Waals surface area contributed by atoms with Crippen LogP contribution in [0.1, 0.15) is 37.9 Å². The molecule has 2 rings (SSSR count). The Hall–Kier alpha value is -1.91. The molecule has 19 heavy (non-hydrogen) atoms. The van der Waals surface area contributed by atoms with Crippen molar-refractivity contribution in [3.63, 3.8) is 0 Å². The van der Waals surface area contributed by atoms with Gasteiger partial charge in [-0.25, -0.2) is 4.79 Å². The van der Waals surface area contributed by atoms with Crippen molar-refractivity contribution in [1.82, 2.24) is 9.13 Å². The van der Waals surface area contributed by atoms with Gasteiger partial charge in [-0.15, -0.1) is 0 Å². The molecular formula is C14H18N2O3. The van der Waals surface area contributed by atoms with E-state index in [0.29, 0.717) is 17.6 Å². The maximum Gasteiger partial charge on any atom is 0.330 e. The number of rotatable bonds is 1. The van der Waals surface area contributed by atoms with E-state index in [9.17, 15) is 14.4 Å². The average Bonchev–Trinajstić information content (AvgIpc) is 2.32. The molecule has 0 spiro atoms. The molecule has 1 unspecified atom stereocenters. The monoisotopic (exact) mass is 262 g/mol. The van der Waals surface area contributed by atoms with Gasteiger partial charge in [-0.1, -0.05) is 12.5 Å². The van der Waals surface area contributed by atoms with Crippen molar-refractivity contribution >= 4 is 5.78 Å². The third kappa shape index (κ3) is 1.80. The number of carbonyl (C=O) groups excluding carboxylic acids is 1. The summed E-state index contributed by atoms with van der Waals surface area (Å²) >= 11 is 0. The van der Waals surface area contributed by atoms with E-state index in [1.54, 1.807) is 7.05 Å². The Morgan fingerprint density at radius 3 is 2.32 bits per heavy atom. The molecule has 1 aliphatic rings. The minimum absolute atomic E-state index is 0.00782. The number of hydrogen-bond donors (Lipinski definition) is 0. The Bertz CT molecular complexity index is 719. The van der Waals surface area contributed by atoms with Gasteiger partial charge >= 0.3 is 5.69 Å². The lowest BCUT2D eigenvalue weighted by molar-refractivity contribution is -0.113. The molecule has 1 aromatic heterocycles. The van der Waals surface area contributed by atoms with E-state index >= 15 is 0 Å². The van der Waals surface area contributed by atoms with Crippen LogP contribution in [0.4, 0.5) is 0 Å². The van der Waals surface area contributed by atoms with Crippen LogP contribution in [0, 0.1) is 0 Å². The van der Waals surface area contributed by atoms with Gasteiger partial charge in [-0.3, -0.25) is 18.7 Å². The predicted octanol–water partition coefficient (Wildman–Crippen LogP) is 0.649. The summed E-state index contributed by atoms with van der Waals surface area (Å²) in [7, 11) is 3.13. The van der Waals surface area contributed by atoms with Crippen molar-refractivity contribution in [2.75, 3.05) is 0 Å². The fourth-order valence-corrected chi connectivity index (χ4v) is 3.03. The van der Waals surface area contributed by atoms with Crippen molar-refractivity contribution < 1.29 is 4.79 Å². The molecule has 0 fully saturated rings. The Kier molecular flexibility index (Phi) is 3.08. The largest absolute Gasteiger partial charge is 0.330 e. The lowest BCUT2D eigenvalue weighted by Crippen LogP contribution is -2.43. The first-order valence-corrected chi connectivity index (χ1v) is 6.26. The summed E-state index contributed by atoms with van der Waals surface area (Å²) in [4.78, 5) is 36.0. The van der Waals surface area contributed by atoms with Gasteiger partial charge in [0.15, 0.2) is 5.78 Å². The molecule has 0 saturated heterocycles. The summed E-state index contributed by atoms with van der Waals surface area (Å²) in [5, 5.41) is 0. The van der Waals surface area contributed by atoms with Crippen LogP contribution in [0.25, 0.3) is 0 Å². The SMILES string of the molecule is CC(=O)C1=C(C)Cc2c(c(=O)n(C)c(=O)n2C)C1C. The maximum atomic E-state index is 12.3. The van der Waals surface area contributed by atoms with Crippen LogP contribution >= 0.6 is 0 Å². The highest BCUT2D eigenvalue weighted by atomic mass is 16.2. The van der Waals surface area contributed by atoms with E-state index in [4.69, 9.17) is 0 Å². The van der Waals surface area contributed by atoms with Gasteiger partial charge in [0.2, 0.25) is 0 Å². The van der Waals surface area contributed by atoms with Crippen LogP contribution in [-0.4, -0.2) is 14.9 Å². The van der Waals surface area contributed by atoms with E-state index in [-0.39, 0.29) is 23.0 Å². The van der Waals surface area contributed by atoms with Crippen LogP contribution in [0.3, 0.4) is 0 Å². The molecule has 1 heterocycles. The minimum atomic E-state index is -0.324. The summed E-state index contributed by atoms with van der Waals surface area (Å²) in [5.74, 6) is -0.265. The number of hydrogen-bond acceptors (Lipinski definition) is 3. The normalized spacial score (nSPS) is 18.5. The van der Waals surface area contributed by atoms with E-state index < -0.39 is 0 Å². The Morgan fingerprint density at radius 1 is 1.21 bits per heavy atom. The van der Waals surface area contributed by atoms with Crippen molar-refractivity contribution in [3.8, 4) is 0 Å². The smallest absolute Gasteiger partial charge is 0.300 e. The zero-order chi connectivity index (χ0) is 14.5. The van der Waals surface area contributed by atoms with Crippen LogP contribution in [-0.2, 0) is 25.3 Å². The van der Waals surface area contributed by atoms with E-state index in [1.807, 2.05) is 13.8 Å². The number of allylic oxidation sites excluding steroid dienone is 2. The van der Waals surface area contributed by atoms with Gasteiger partial charge in [0, 0.05) is 43.3 Å². The molecule has 5 heteroatoms. The quantitative estimate of drug-likeness (QED) is 0.746. The number of aromatic nitrogens is 2. The molecule has 0 amide bonds. The van der Waals surface area contributed by atoms with Gasteiger partial charge in [0.05, 0.1) is 0 Å². The molecule has 5 nitrogen and oxygen atoms in total. The third-order valence-corrected chi connectivity index (χ3v) is 3.96. The van der Waals surface area contributed by atoms with Crippen molar-refractivity contribution in [2.45, 2.75) is 33.1 Å². The van der Waals surface area contributed by atoms with E-state index in [2.05, 4.69) is 0 Å². The highest BCUT2D eigenvalue weighted by Gasteiger charge is 2.30. The average molecular weight is 262 g/mol. The fourth-order valence-electron chi connectivity index (χ4n) is 3.03. The molecule has 0 radical (unpaired) electrons. The third-order valence-electron chi connectivity index (χ3n) is 3.96. The van der Waals surface area contributed by atoms with Crippen LogP contribution < -0.4 is 11.2 Å². The van der Waals surface area contributed by atoms with Crippen LogP contribution in [0.15, 0.2) is 20.7 Å². The molecule has 0 N–H and O–H groups in total. The van der Waals surface area contributed by atoms with Crippen LogP contribution in [0.5, 0.6) is 0 Å².